The molecule has 0 radical (unpaired) electrons. The van der Waals surface area contributed by atoms with Crippen LogP contribution in [0.15, 0.2) is 18.2 Å². The molecule has 3 nitrogen and oxygen atoms in total. The van der Waals surface area contributed by atoms with Gasteiger partial charge in [0.15, 0.2) is 0 Å². The highest BCUT2D eigenvalue weighted by molar-refractivity contribution is 6.42. The van der Waals surface area contributed by atoms with Gasteiger partial charge in [-0.15, -0.1) is 12.4 Å². The molecule has 1 aromatic carbocycles. The van der Waals surface area contributed by atoms with E-state index in [9.17, 15) is 4.79 Å². The van der Waals surface area contributed by atoms with Crippen molar-refractivity contribution in [3.8, 4) is 0 Å². The first kappa shape index (κ1) is 12.4. The van der Waals surface area contributed by atoms with Gasteiger partial charge in [-0.1, -0.05) is 29.3 Å². The summed E-state index contributed by atoms with van der Waals surface area (Å²) in [5, 5.41) is 3.63. The van der Waals surface area contributed by atoms with E-state index in [-0.39, 0.29) is 18.4 Å². The smallest absolute Gasteiger partial charge is 0.407 e. The molecule has 1 aliphatic rings. The summed E-state index contributed by atoms with van der Waals surface area (Å²) in [6.45, 7) is 0.330. The Kier molecular flexibility index (Phi) is 4.08. The molecule has 0 spiro atoms. The fourth-order valence-electron chi connectivity index (χ4n) is 1.29. The van der Waals surface area contributed by atoms with Gasteiger partial charge in [-0.3, -0.25) is 0 Å². The van der Waals surface area contributed by atoms with Crippen LogP contribution in [0.5, 0.6) is 0 Å². The molecule has 0 saturated carbocycles. The summed E-state index contributed by atoms with van der Waals surface area (Å²) < 4.78 is 4.76. The highest BCUT2D eigenvalue weighted by Gasteiger charge is 2.23. The van der Waals surface area contributed by atoms with E-state index in [2.05, 4.69) is 5.32 Å². The Bertz CT molecular complexity index is 384. The van der Waals surface area contributed by atoms with Gasteiger partial charge in [0.25, 0.3) is 0 Å². The molecule has 1 N–H and O–H groups in total. The van der Waals surface area contributed by atoms with Gasteiger partial charge in [0.05, 0.1) is 16.1 Å². The van der Waals surface area contributed by atoms with Gasteiger partial charge >= 0.3 is 6.09 Å². The van der Waals surface area contributed by atoms with Crippen LogP contribution in [-0.4, -0.2) is 12.7 Å². The van der Waals surface area contributed by atoms with Gasteiger partial charge in [0, 0.05) is 0 Å². The summed E-state index contributed by atoms with van der Waals surface area (Å²) in [6.07, 6.45) is -0.402. The number of carbonyl (C=O) groups excluding carboxylic acids is 1. The number of halogens is 3. The molecule has 1 aromatic rings. The SMILES string of the molecule is Cl.O=C1N[C@@H](c2ccc(Cl)c(Cl)c2)CO1. The predicted octanol–water partition coefficient (Wildman–Crippen LogP) is 3.20. The zero-order valence-electron chi connectivity index (χ0n) is 7.50. The molecule has 0 aliphatic carbocycles. The van der Waals surface area contributed by atoms with Gasteiger partial charge < -0.3 is 10.1 Å². The van der Waals surface area contributed by atoms with Crippen molar-refractivity contribution in [2.24, 2.45) is 0 Å². The molecule has 1 atom stereocenters. The lowest BCUT2D eigenvalue weighted by Crippen LogP contribution is -2.18. The molecule has 82 valence electrons. The van der Waals surface area contributed by atoms with E-state index in [4.69, 9.17) is 27.9 Å². The van der Waals surface area contributed by atoms with E-state index in [0.717, 1.165) is 5.56 Å². The normalized spacial score (nSPS) is 19.1. The molecule has 0 aromatic heterocycles. The van der Waals surface area contributed by atoms with Crippen LogP contribution in [0.1, 0.15) is 11.6 Å². The van der Waals surface area contributed by atoms with E-state index in [0.29, 0.717) is 16.7 Å². The second-order valence-corrected chi connectivity index (χ2v) is 3.78. The minimum Gasteiger partial charge on any atom is -0.447 e. The van der Waals surface area contributed by atoms with E-state index < -0.39 is 6.09 Å². The van der Waals surface area contributed by atoms with E-state index in [1.54, 1.807) is 12.1 Å². The lowest BCUT2D eigenvalue weighted by Gasteiger charge is -2.08. The Morgan fingerprint density at radius 1 is 1.33 bits per heavy atom. The fraction of sp³-hybridized carbons (Fsp3) is 0.222. The number of ether oxygens (including phenoxy) is 1. The molecular weight excluding hydrogens is 260 g/mol. The van der Waals surface area contributed by atoms with Crippen LogP contribution in [0, 0.1) is 0 Å². The number of rotatable bonds is 1. The van der Waals surface area contributed by atoms with Gasteiger partial charge in [-0.05, 0) is 17.7 Å². The second-order valence-electron chi connectivity index (χ2n) is 2.97. The summed E-state index contributed by atoms with van der Waals surface area (Å²) in [7, 11) is 0. The van der Waals surface area contributed by atoms with Crippen LogP contribution < -0.4 is 5.32 Å². The third kappa shape index (κ3) is 2.68. The van der Waals surface area contributed by atoms with Crippen molar-refractivity contribution >= 4 is 41.7 Å². The summed E-state index contributed by atoms with van der Waals surface area (Å²) in [6, 6.07) is 5.11. The maximum absolute atomic E-state index is 10.8. The molecular formula is C9H8Cl3NO2. The number of hydrogen-bond acceptors (Lipinski definition) is 2. The number of hydrogen-bond donors (Lipinski definition) is 1. The lowest BCUT2D eigenvalue weighted by atomic mass is 10.1. The zero-order valence-corrected chi connectivity index (χ0v) is 9.83. The monoisotopic (exact) mass is 267 g/mol. The Balaban J connectivity index is 0.00000112. The van der Waals surface area contributed by atoms with Crippen molar-refractivity contribution in [3.05, 3.63) is 33.8 Å². The number of alkyl carbamates (subject to hydrolysis) is 1. The minimum atomic E-state index is -0.402. The zero-order chi connectivity index (χ0) is 10.1. The van der Waals surface area contributed by atoms with E-state index in [1.807, 2.05) is 6.07 Å². The Morgan fingerprint density at radius 2 is 2.07 bits per heavy atom. The first-order chi connectivity index (χ1) is 6.66. The molecule has 1 fully saturated rings. The molecule has 1 heterocycles. The van der Waals surface area contributed by atoms with E-state index in [1.165, 1.54) is 0 Å². The van der Waals surface area contributed by atoms with Crippen molar-refractivity contribution in [3.63, 3.8) is 0 Å². The number of benzene rings is 1. The molecule has 0 unspecified atom stereocenters. The highest BCUT2D eigenvalue weighted by Crippen LogP contribution is 2.27. The van der Waals surface area contributed by atoms with Crippen LogP contribution in [0.2, 0.25) is 10.0 Å². The van der Waals surface area contributed by atoms with Crippen LogP contribution in [-0.2, 0) is 4.74 Å². The largest absolute Gasteiger partial charge is 0.447 e. The average molecular weight is 269 g/mol. The number of nitrogens with one attached hydrogen (secondary N) is 1. The summed E-state index contributed by atoms with van der Waals surface area (Å²) in [5.74, 6) is 0. The van der Waals surface area contributed by atoms with Gasteiger partial charge in [-0.25, -0.2) is 4.79 Å². The molecule has 1 amide bonds. The van der Waals surface area contributed by atoms with Gasteiger partial charge in [0.1, 0.15) is 6.61 Å². The van der Waals surface area contributed by atoms with Gasteiger partial charge in [-0.2, -0.15) is 0 Å². The number of cyclic esters (lactones) is 1. The molecule has 1 saturated heterocycles. The van der Waals surface area contributed by atoms with Crippen molar-refractivity contribution in [1.29, 1.82) is 0 Å². The van der Waals surface area contributed by atoms with Crippen LogP contribution in [0.4, 0.5) is 4.79 Å². The van der Waals surface area contributed by atoms with Crippen molar-refractivity contribution in [2.45, 2.75) is 6.04 Å². The minimum absolute atomic E-state index is 0. The van der Waals surface area contributed by atoms with Crippen molar-refractivity contribution < 1.29 is 9.53 Å². The number of carbonyl (C=O) groups is 1. The Morgan fingerprint density at radius 3 is 2.60 bits per heavy atom. The topological polar surface area (TPSA) is 38.3 Å². The molecule has 0 bridgehead atoms. The molecule has 1 aliphatic heterocycles. The summed E-state index contributed by atoms with van der Waals surface area (Å²) >= 11 is 11.6. The summed E-state index contributed by atoms with van der Waals surface area (Å²) in [4.78, 5) is 10.8. The third-order valence-electron chi connectivity index (χ3n) is 2.02. The molecule has 6 heteroatoms. The molecule has 15 heavy (non-hydrogen) atoms. The second kappa shape index (κ2) is 4.92. The maximum Gasteiger partial charge on any atom is 0.407 e. The molecule has 2 rings (SSSR count). The predicted molar refractivity (Wildman–Crippen MR) is 60.9 cm³/mol. The quantitative estimate of drug-likeness (QED) is 0.849. The van der Waals surface area contributed by atoms with E-state index >= 15 is 0 Å². The van der Waals surface area contributed by atoms with Crippen LogP contribution >= 0.6 is 35.6 Å². The Labute approximate surface area is 103 Å². The standard InChI is InChI=1S/C9H7Cl2NO2.ClH/c10-6-2-1-5(3-7(6)11)8-4-14-9(13)12-8;/h1-3,8H,4H2,(H,12,13);1H/t8-;/m1./s1. The summed E-state index contributed by atoms with van der Waals surface area (Å²) in [5.41, 5.74) is 0.894. The van der Waals surface area contributed by atoms with Crippen LogP contribution in [0.3, 0.4) is 0 Å². The first-order valence-electron chi connectivity index (χ1n) is 4.05. The van der Waals surface area contributed by atoms with Crippen LogP contribution in [0.25, 0.3) is 0 Å². The van der Waals surface area contributed by atoms with Crippen molar-refractivity contribution in [2.75, 3.05) is 6.61 Å². The third-order valence-corrected chi connectivity index (χ3v) is 2.76. The highest BCUT2D eigenvalue weighted by atomic mass is 35.5. The number of amides is 1. The average Bonchev–Trinajstić information content (AvgIpc) is 2.57. The lowest BCUT2D eigenvalue weighted by molar-refractivity contribution is 0.177. The van der Waals surface area contributed by atoms with Crippen molar-refractivity contribution in [1.82, 2.24) is 5.32 Å². The Hall–Kier alpha value is -0.640. The first-order valence-corrected chi connectivity index (χ1v) is 4.80. The van der Waals surface area contributed by atoms with Gasteiger partial charge in [0.2, 0.25) is 0 Å². The fourth-order valence-corrected chi connectivity index (χ4v) is 1.60. The maximum atomic E-state index is 10.8.